The van der Waals surface area contributed by atoms with E-state index in [1.807, 2.05) is 84.3 Å². The third-order valence-electron chi connectivity index (χ3n) is 7.43. The summed E-state index contributed by atoms with van der Waals surface area (Å²) in [7, 11) is 0. The molecule has 0 aliphatic carbocycles. The molecular weight excluding hydrogens is 697 g/mol. The van der Waals surface area contributed by atoms with Gasteiger partial charge in [-0.15, -0.1) is 23.1 Å². The van der Waals surface area contributed by atoms with Crippen LogP contribution in [0.2, 0.25) is 0 Å². The molecule has 6 rings (SSSR count). The number of nitrogens with zero attached hydrogens (tertiary/aromatic N) is 4. The summed E-state index contributed by atoms with van der Waals surface area (Å²) in [5.41, 5.74) is 2.55. The quantitative estimate of drug-likeness (QED) is 0.0584. The second-order valence-corrected chi connectivity index (χ2v) is 13.6. The predicted octanol–water partition coefficient (Wildman–Crippen LogP) is 5.20. The molecule has 2 aromatic heterocycles. The van der Waals surface area contributed by atoms with Gasteiger partial charge in [0.2, 0.25) is 6.41 Å². The summed E-state index contributed by atoms with van der Waals surface area (Å²) in [4.78, 5) is 68.0. The molecular formula is C35H30N6O6S3. The van der Waals surface area contributed by atoms with Gasteiger partial charge in [0.25, 0.3) is 11.8 Å². The zero-order chi connectivity index (χ0) is 34.9. The Balaban J connectivity index is 1.28. The number of thioether (sulfide) groups is 2. The molecule has 254 valence electrons. The van der Waals surface area contributed by atoms with Crippen LogP contribution in [0.25, 0.3) is 6.08 Å². The summed E-state index contributed by atoms with van der Waals surface area (Å²) in [6.07, 6.45) is 5.02. The van der Waals surface area contributed by atoms with Crippen LogP contribution in [0.4, 0.5) is 5.13 Å². The molecule has 1 unspecified atom stereocenters. The number of nitrogens with one attached hydrogen (secondary N) is 2. The third-order valence-corrected chi connectivity index (χ3v) is 10.6. The average molecular weight is 727 g/mol. The lowest BCUT2D eigenvalue weighted by molar-refractivity contribution is -0.154. The minimum Gasteiger partial charge on any atom is -0.448 e. The first-order chi connectivity index (χ1) is 24.5. The summed E-state index contributed by atoms with van der Waals surface area (Å²) in [5.74, 6) is -1.47. The lowest BCUT2D eigenvalue weighted by atomic mass is 10.0. The molecule has 0 bridgehead atoms. The number of amides is 3. The highest BCUT2D eigenvalue weighted by Crippen LogP contribution is 2.45. The number of rotatable bonds is 14. The maximum atomic E-state index is 14.2. The van der Waals surface area contributed by atoms with Crippen LogP contribution in [-0.4, -0.2) is 68.5 Å². The summed E-state index contributed by atoms with van der Waals surface area (Å²) >= 11 is 3.83. The van der Waals surface area contributed by atoms with E-state index in [1.165, 1.54) is 28.4 Å². The molecule has 15 heteroatoms. The number of β-lactam (4-membered cyclic amide) rings is 1. The Hall–Kier alpha value is -5.25. The molecule has 2 aliphatic rings. The Kier molecular flexibility index (Phi) is 11.4. The lowest BCUT2D eigenvalue weighted by Gasteiger charge is -2.49. The molecule has 2 atom stereocenters. The van der Waals surface area contributed by atoms with Crippen molar-refractivity contribution in [3.63, 3.8) is 0 Å². The number of anilines is 1. The standard InChI is InChI=1S/C35H30N6O6S3/c1-2-46-40-27(25-19-50-35(38-25)37-21-42)31(43)39-28-32(44)41-29(26(20-49-33(28)41)48-17-15-22-10-9-16-36-18-22)34(45)47-30(23-11-5-3-6-12-23)24-13-7-4-8-14-24/h3-19,21,28,30,33H,2,20H2,1H3,(H,39,43)(H,37,38,42)/b17-15-,40-27?/t28?,33-/m1/s1. The summed E-state index contributed by atoms with van der Waals surface area (Å²) < 4.78 is 6.23. The number of benzene rings is 2. The molecule has 4 heterocycles. The normalized spacial score (nSPS) is 17.3. The summed E-state index contributed by atoms with van der Waals surface area (Å²) in [5, 5.41) is 12.2. The largest absolute Gasteiger partial charge is 0.448 e. The number of pyridine rings is 1. The van der Waals surface area contributed by atoms with Crippen molar-refractivity contribution in [2.24, 2.45) is 5.16 Å². The van der Waals surface area contributed by atoms with Gasteiger partial charge >= 0.3 is 5.97 Å². The van der Waals surface area contributed by atoms with E-state index in [9.17, 15) is 19.2 Å². The van der Waals surface area contributed by atoms with E-state index in [4.69, 9.17) is 9.57 Å². The van der Waals surface area contributed by atoms with Crippen LogP contribution >= 0.6 is 34.9 Å². The van der Waals surface area contributed by atoms with E-state index in [1.54, 1.807) is 24.7 Å². The maximum absolute atomic E-state index is 14.2. The van der Waals surface area contributed by atoms with E-state index in [2.05, 4.69) is 25.8 Å². The average Bonchev–Trinajstić information content (AvgIpc) is 3.62. The third kappa shape index (κ3) is 7.80. The molecule has 1 saturated heterocycles. The minimum atomic E-state index is -0.968. The molecule has 4 aromatic rings. The van der Waals surface area contributed by atoms with Gasteiger partial charge in [0.15, 0.2) is 16.9 Å². The van der Waals surface area contributed by atoms with Crippen molar-refractivity contribution < 1.29 is 28.8 Å². The van der Waals surface area contributed by atoms with Gasteiger partial charge in [-0.1, -0.05) is 83.6 Å². The highest BCUT2D eigenvalue weighted by atomic mass is 32.2. The fourth-order valence-corrected chi connectivity index (χ4v) is 8.14. The number of hydrogen-bond donors (Lipinski definition) is 2. The second-order valence-electron chi connectivity index (χ2n) is 10.6. The summed E-state index contributed by atoms with van der Waals surface area (Å²) in [6.45, 7) is 1.90. The van der Waals surface area contributed by atoms with E-state index < -0.39 is 35.3 Å². The Morgan fingerprint density at radius 1 is 1.10 bits per heavy atom. The van der Waals surface area contributed by atoms with Crippen molar-refractivity contribution in [3.05, 3.63) is 129 Å². The Morgan fingerprint density at radius 2 is 1.84 bits per heavy atom. The van der Waals surface area contributed by atoms with Gasteiger partial charge in [-0.3, -0.25) is 24.3 Å². The number of carbonyl (C=O) groups is 4. The number of hydrogen-bond acceptors (Lipinski definition) is 12. The van der Waals surface area contributed by atoms with Gasteiger partial charge in [-0.05, 0) is 41.2 Å². The molecule has 2 N–H and O–H groups in total. The lowest BCUT2D eigenvalue weighted by Crippen LogP contribution is -2.71. The van der Waals surface area contributed by atoms with E-state index in [0.29, 0.717) is 17.1 Å². The van der Waals surface area contributed by atoms with Crippen molar-refractivity contribution in [2.75, 3.05) is 17.7 Å². The van der Waals surface area contributed by atoms with E-state index >= 15 is 0 Å². The number of aromatic nitrogens is 2. The van der Waals surface area contributed by atoms with Crippen molar-refractivity contribution in [2.45, 2.75) is 24.4 Å². The zero-order valence-corrected chi connectivity index (χ0v) is 29.0. The van der Waals surface area contributed by atoms with Crippen LogP contribution in [0.1, 0.15) is 35.4 Å². The molecule has 2 aliphatic heterocycles. The first-order valence-electron chi connectivity index (χ1n) is 15.4. The first-order valence-corrected chi connectivity index (χ1v) is 18.2. The topological polar surface area (TPSA) is 152 Å². The number of esters is 1. The predicted molar refractivity (Wildman–Crippen MR) is 194 cm³/mol. The van der Waals surface area contributed by atoms with Crippen LogP contribution in [0.3, 0.4) is 0 Å². The highest BCUT2D eigenvalue weighted by Gasteiger charge is 2.55. The van der Waals surface area contributed by atoms with Crippen molar-refractivity contribution >= 4 is 76.0 Å². The fraction of sp³-hybridized carbons (Fsp3) is 0.171. The number of oxime groups is 1. The Labute approximate surface area is 300 Å². The van der Waals surface area contributed by atoms with Gasteiger partial charge in [-0.25, -0.2) is 9.78 Å². The van der Waals surface area contributed by atoms with Gasteiger partial charge in [0.05, 0.1) is 0 Å². The van der Waals surface area contributed by atoms with Crippen molar-refractivity contribution in [3.8, 4) is 0 Å². The molecule has 1 fully saturated rings. The SMILES string of the molecule is CCON=C(C(=O)NC1C(=O)N2C(C(=O)OC(c3ccccc3)c3ccccc3)=C(S/C=C\c3cccnc3)CS[C@H]12)c1csc(NC=O)n1. The highest BCUT2D eigenvalue weighted by molar-refractivity contribution is 8.08. The monoisotopic (exact) mass is 726 g/mol. The van der Waals surface area contributed by atoms with Gasteiger partial charge < -0.3 is 20.2 Å². The van der Waals surface area contributed by atoms with E-state index in [0.717, 1.165) is 28.0 Å². The van der Waals surface area contributed by atoms with Gasteiger partial charge in [-0.2, -0.15) is 0 Å². The molecule has 0 saturated carbocycles. The first kappa shape index (κ1) is 34.6. The zero-order valence-electron chi connectivity index (χ0n) is 26.5. The Morgan fingerprint density at radius 3 is 2.50 bits per heavy atom. The molecule has 12 nitrogen and oxygen atoms in total. The van der Waals surface area contributed by atoms with Gasteiger partial charge in [0.1, 0.15) is 29.4 Å². The second kappa shape index (κ2) is 16.4. The maximum Gasteiger partial charge on any atom is 0.356 e. The number of ether oxygens (including phenoxy) is 1. The minimum absolute atomic E-state index is 0.120. The molecule has 2 aromatic carbocycles. The smallest absolute Gasteiger partial charge is 0.356 e. The number of thiazole rings is 1. The molecule has 50 heavy (non-hydrogen) atoms. The Bertz CT molecular complexity index is 1900. The van der Waals surface area contributed by atoms with Gasteiger partial charge in [0, 0.05) is 28.4 Å². The van der Waals surface area contributed by atoms with Crippen molar-refractivity contribution in [1.82, 2.24) is 20.2 Å². The van der Waals surface area contributed by atoms with Crippen LogP contribution in [0.15, 0.2) is 112 Å². The molecule has 3 amide bonds. The summed E-state index contributed by atoms with van der Waals surface area (Å²) in [6, 6.07) is 21.6. The number of carbonyl (C=O) groups excluding carboxylic acids is 4. The van der Waals surface area contributed by atoms with Crippen molar-refractivity contribution in [1.29, 1.82) is 0 Å². The van der Waals surface area contributed by atoms with Crippen LogP contribution < -0.4 is 10.6 Å². The van der Waals surface area contributed by atoms with Crippen LogP contribution in [0, 0.1) is 0 Å². The van der Waals surface area contributed by atoms with Crippen LogP contribution in [-0.2, 0) is 28.8 Å². The fourth-order valence-electron chi connectivity index (χ4n) is 5.13. The molecule has 0 radical (unpaired) electrons. The van der Waals surface area contributed by atoms with Crippen LogP contribution in [0.5, 0.6) is 0 Å². The number of fused-ring (bicyclic) bond motifs is 1. The van der Waals surface area contributed by atoms with E-state index in [-0.39, 0.29) is 28.8 Å². The molecule has 0 spiro atoms.